The van der Waals surface area contributed by atoms with Crippen molar-refractivity contribution in [2.45, 2.75) is 51.1 Å². The maximum atomic E-state index is 12.2. The van der Waals surface area contributed by atoms with Crippen molar-refractivity contribution in [3.05, 3.63) is 57.8 Å². The van der Waals surface area contributed by atoms with Crippen LogP contribution >= 0.6 is 0 Å². The van der Waals surface area contributed by atoms with E-state index in [0.29, 0.717) is 11.6 Å². The second-order valence-electron chi connectivity index (χ2n) is 6.59. The molecule has 1 aliphatic rings. The van der Waals surface area contributed by atoms with Crippen LogP contribution in [0.25, 0.3) is 0 Å². The molecule has 1 aliphatic carbocycles. The topological polar surface area (TPSA) is 90.1 Å². The zero-order valence-electron chi connectivity index (χ0n) is 14.2. The lowest BCUT2D eigenvalue weighted by atomic mass is 9.82. The van der Waals surface area contributed by atoms with Crippen molar-refractivity contribution in [2.24, 2.45) is 0 Å². The zero-order chi connectivity index (χ0) is 17.8. The normalized spacial score (nSPS) is 20.2. The van der Waals surface area contributed by atoms with E-state index in [1.54, 1.807) is 6.92 Å². The largest absolute Gasteiger partial charge is 0.390 e. The van der Waals surface area contributed by atoms with Gasteiger partial charge in [-0.25, -0.2) is 0 Å². The fourth-order valence-electron chi connectivity index (χ4n) is 3.45. The van der Waals surface area contributed by atoms with Gasteiger partial charge in [0.15, 0.2) is 0 Å². The summed E-state index contributed by atoms with van der Waals surface area (Å²) in [5.74, 6) is 0.184. The number of nitrogens with zero attached hydrogens (tertiary/aromatic N) is 3. The molecule has 1 amide bonds. The quantitative estimate of drug-likeness (QED) is 0.668. The minimum absolute atomic E-state index is 0.0122. The van der Waals surface area contributed by atoms with Gasteiger partial charge in [-0.15, -0.1) is 0 Å². The first-order chi connectivity index (χ1) is 12.0. The third-order valence-corrected chi connectivity index (χ3v) is 4.81. The molecule has 0 bridgehead atoms. The van der Waals surface area contributed by atoms with Crippen molar-refractivity contribution < 1.29 is 9.72 Å². The number of hydrogen-bond acceptors (Lipinski definition) is 4. The molecule has 0 unspecified atom stereocenters. The van der Waals surface area contributed by atoms with Crippen LogP contribution in [0.4, 0.5) is 5.82 Å². The summed E-state index contributed by atoms with van der Waals surface area (Å²) in [6.45, 7) is 1.72. The molecule has 7 nitrogen and oxygen atoms in total. The van der Waals surface area contributed by atoms with Crippen molar-refractivity contribution in [2.75, 3.05) is 0 Å². The van der Waals surface area contributed by atoms with Gasteiger partial charge in [-0.05, 0) is 49.0 Å². The molecule has 132 valence electrons. The van der Waals surface area contributed by atoms with E-state index in [4.69, 9.17) is 0 Å². The first kappa shape index (κ1) is 17.1. The first-order valence-electron chi connectivity index (χ1n) is 8.56. The fourth-order valence-corrected chi connectivity index (χ4v) is 3.45. The van der Waals surface area contributed by atoms with Crippen LogP contribution in [0.1, 0.15) is 42.9 Å². The maximum Gasteiger partial charge on any atom is 0.390 e. The van der Waals surface area contributed by atoms with Crippen molar-refractivity contribution in [1.29, 1.82) is 0 Å². The third kappa shape index (κ3) is 4.23. The minimum Gasteiger partial charge on any atom is -0.358 e. The van der Waals surface area contributed by atoms with Gasteiger partial charge in [-0.2, -0.15) is 4.68 Å². The Morgan fingerprint density at radius 1 is 1.28 bits per heavy atom. The molecule has 3 rings (SSSR count). The van der Waals surface area contributed by atoms with Crippen molar-refractivity contribution >= 4 is 11.7 Å². The minimum atomic E-state index is -0.549. The summed E-state index contributed by atoms with van der Waals surface area (Å²) in [4.78, 5) is 22.4. The van der Waals surface area contributed by atoms with Gasteiger partial charge in [0.05, 0.1) is 16.9 Å². The molecule has 25 heavy (non-hydrogen) atoms. The number of amides is 1. The number of aromatic nitrogens is 2. The van der Waals surface area contributed by atoms with E-state index in [-0.39, 0.29) is 24.3 Å². The molecule has 0 aliphatic heterocycles. The summed E-state index contributed by atoms with van der Waals surface area (Å²) >= 11 is 0. The van der Waals surface area contributed by atoms with E-state index >= 15 is 0 Å². The summed E-state index contributed by atoms with van der Waals surface area (Å²) in [6, 6.07) is 12.0. The number of rotatable bonds is 5. The monoisotopic (exact) mass is 342 g/mol. The average Bonchev–Trinajstić information content (AvgIpc) is 2.97. The third-order valence-electron chi connectivity index (χ3n) is 4.81. The molecule has 0 spiro atoms. The summed E-state index contributed by atoms with van der Waals surface area (Å²) in [5.41, 5.74) is 1.97. The molecule has 2 aromatic rings. The van der Waals surface area contributed by atoms with Gasteiger partial charge < -0.3 is 15.4 Å². The highest BCUT2D eigenvalue weighted by atomic mass is 16.6. The Kier molecular flexibility index (Phi) is 5.11. The van der Waals surface area contributed by atoms with Gasteiger partial charge in [0.2, 0.25) is 5.91 Å². The molecular formula is C18H22N4O3. The zero-order valence-corrected chi connectivity index (χ0v) is 14.2. The molecule has 1 fully saturated rings. The summed E-state index contributed by atoms with van der Waals surface area (Å²) < 4.78 is 1.38. The van der Waals surface area contributed by atoms with Crippen molar-refractivity contribution in [1.82, 2.24) is 15.1 Å². The van der Waals surface area contributed by atoms with Crippen LogP contribution < -0.4 is 5.32 Å². The van der Waals surface area contributed by atoms with Gasteiger partial charge in [0, 0.05) is 6.04 Å². The standard InChI is InChI=1S/C18H22N4O3/c1-13-11-17(22(24)25)20-21(13)12-18(23)19-16-9-7-15(8-10-16)14-5-3-2-4-6-14/h2-6,11,15-16H,7-10,12H2,1H3,(H,19,23). The van der Waals surface area contributed by atoms with E-state index in [9.17, 15) is 14.9 Å². The Morgan fingerprint density at radius 3 is 2.56 bits per heavy atom. The summed E-state index contributed by atoms with van der Waals surface area (Å²) in [5, 5.41) is 17.6. The van der Waals surface area contributed by atoms with Crippen molar-refractivity contribution in [3.8, 4) is 0 Å². The molecular weight excluding hydrogens is 320 g/mol. The predicted octanol–water partition coefficient (Wildman–Crippen LogP) is 2.94. The van der Waals surface area contributed by atoms with Crippen LogP contribution in [0.5, 0.6) is 0 Å². The highest BCUT2D eigenvalue weighted by molar-refractivity contribution is 5.76. The Bertz CT molecular complexity index is 749. The lowest BCUT2D eigenvalue weighted by Crippen LogP contribution is -2.39. The number of nitrogens with one attached hydrogen (secondary N) is 1. The van der Waals surface area contributed by atoms with Gasteiger partial charge >= 0.3 is 5.82 Å². The Labute approximate surface area is 146 Å². The van der Waals surface area contributed by atoms with E-state index < -0.39 is 4.92 Å². The SMILES string of the molecule is Cc1cc([N+](=O)[O-])nn1CC(=O)NC1CCC(c2ccccc2)CC1. The lowest BCUT2D eigenvalue weighted by Gasteiger charge is -2.29. The number of carbonyl (C=O) groups excluding carboxylic acids is 1. The van der Waals surface area contributed by atoms with Gasteiger partial charge in [-0.1, -0.05) is 30.3 Å². The Hall–Kier alpha value is -2.70. The van der Waals surface area contributed by atoms with Gasteiger partial charge in [0.25, 0.3) is 0 Å². The number of benzene rings is 1. The van der Waals surface area contributed by atoms with Crippen LogP contribution in [0.3, 0.4) is 0 Å². The van der Waals surface area contributed by atoms with Crippen LogP contribution in [0.15, 0.2) is 36.4 Å². The molecule has 1 saturated carbocycles. The van der Waals surface area contributed by atoms with Crippen LogP contribution in [0.2, 0.25) is 0 Å². The van der Waals surface area contributed by atoms with E-state index in [2.05, 4.69) is 34.7 Å². The number of nitro groups is 1. The maximum absolute atomic E-state index is 12.2. The lowest BCUT2D eigenvalue weighted by molar-refractivity contribution is -0.389. The fraction of sp³-hybridized carbons (Fsp3) is 0.444. The highest BCUT2D eigenvalue weighted by Gasteiger charge is 2.24. The first-order valence-corrected chi connectivity index (χ1v) is 8.56. The molecule has 1 heterocycles. The van der Waals surface area contributed by atoms with Crippen molar-refractivity contribution in [3.63, 3.8) is 0 Å². The second kappa shape index (κ2) is 7.46. The molecule has 0 radical (unpaired) electrons. The molecule has 0 saturated heterocycles. The highest BCUT2D eigenvalue weighted by Crippen LogP contribution is 2.32. The molecule has 7 heteroatoms. The average molecular weight is 342 g/mol. The van der Waals surface area contributed by atoms with Gasteiger partial charge in [-0.3, -0.25) is 4.79 Å². The Morgan fingerprint density at radius 2 is 1.96 bits per heavy atom. The predicted molar refractivity (Wildman–Crippen MR) is 93.2 cm³/mol. The number of aryl methyl sites for hydroxylation is 1. The summed E-state index contributed by atoms with van der Waals surface area (Å²) in [6.07, 6.45) is 4.01. The molecule has 0 atom stereocenters. The molecule has 1 aromatic heterocycles. The summed E-state index contributed by atoms with van der Waals surface area (Å²) in [7, 11) is 0. The van der Waals surface area contributed by atoms with Crippen LogP contribution in [0, 0.1) is 17.0 Å². The van der Waals surface area contributed by atoms with E-state index in [1.807, 2.05) is 6.07 Å². The van der Waals surface area contributed by atoms with Gasteiger partial charge in [0.1, 0.15) is 6.54 Å². The molecule has 1 aromatic carbocycles. The number of hydrogen-bond donors (Lipinski definition) is 1. The van der Waals surface area contributed by atoms with E-state index in [1.165, 1.54) is 16.3 Å². The Balaban J connectivity index is 1.50. The van der Waals surface area contributed by atoms with Crippen LogP contribution in [-0.2, 0) is 11.3 Å². The molecule has 1 N–H and O–H groups in total. The van der Waals surface area contributed by atoms with Crippen LogP contribution in [-0.4, -0.2) is 26.7 Å². The number of carbonyl (C=O) groups is 1. The smallest absolute Gasteiger partial charge is 0.358 e. The van der Waals surface area contributed by atoms with E-state index in [0.717, 1.165) is 25.7 Å². The second-order valence-corrected chi connectivity index (χ2v) is 6.59.